The first-order chi connectivity index (χ1) is 10.0. The Kier molecular flexibility index (Phi) is 5.33. The van der Waals surface area contributed by atoms with E-state index in [-0.39, 0.29) is 17.7 Å². The van der Waals surface area contributed by atoms with Gasteiger partial charge in [-0.15, -0.1) is 0 Å². The van der Waals surface area contributed by atoms with Gasteiger partial charge >= 0.3 is 0 Å². The third-order valence-electron chi connectivity index (χ3n) is 3.15. The number of nitrogens with zero attached hydrogens (tertiary/aromatic N) is 1. The van der Waals surface area contributed by atoms with Gasteiger partial charge in [-0.25, -0.2) is 0 Å². The van der Waals surface area contributed by atoms with Crippen molar-refractivity contribution < 1.29 is 9.90 Å². The Bertz CT molecular complexity index is 614. The van der Waals surface area contributed by atoms with Gasteiger partial charge in [-0.05, 0) is 59.5 Å². The Morgan fingerprint density at radius 2 is 2.05 bits per heavy atom. The van der Waals surface area contributed by atoms with Crippen molar-refractivity contribution in [2.45, 2.75) is 25.8 Å². The Balaban J connectivity index is 1.85. The summed E-state index contributed by atoms with van der Waals surface area (Å²) in [5.41, 5.74) is 1.68. The molecule has 1 unspecified atom stereocenters. The molecule has 1 atom stereocenters. The summed E-state index contributed by atoms with van der Waals surface area (Å²) in [5.74, 6) is 0.143. The summed E-state index contributed by atoms with van der Waals surface area (Å²) in [6.07, 6.45) is 4.87. The lowest BCUT2D eigenvalue weighted by Gasteiger charge is -2.14. The van der Waals surface area contributed by atoms with Crippen LogP contribution in [0, 0.1) is 0 Å². The maximum atomic E-state index is 12.1. The summed E-state index contributed by atoms with van der Waals surface area (Å²) in [4.78, 5) is 16.0. The van der Waals surface area contributed by atoms with E-state index in [0.29, 0.717) is 5.56 Å². The molecular formula is C16H17BrN2O2. The zero-order chi connectivity index (χ0) is 15.2. The van der Waals surface area contributed by atoms with Crippen LogP contribution in [0.3, 0.4) is 0 Å². The fourth-order valence-electron chi connectivity index (χ4n) is 1.96. The molecule has 0 spiro atoms. The zero-order valence-corrected chi connectivity index (χ0v) is 13.3. The molecule has 2 rings (SSSR count). The number of halogens is 1. The topological polar surface area (TPSA) is 62.2 Å². The fourth-order valence-corrected chi connectivity index (χ4v) is 2.33. The van der Waals surface area contributed by atoms with Crippen LogP contribution in [0.25, 0.3) is 0 Å². The first-order valence-electron chi connectivity index (χ1n) is 6.74. The smallest absolute Gasteiger partial charge is 0.253 e. The molecule has 0 radical (unpaired) electrons. The number of hydrogen-bond donors (Lipinski definition) is 2. The minimum atomic E-state index is -0.123. The molecule has 0 aliphatic rings. The molecule has 0 saturated heterocycles. The number of aromatic hydroxyl groups is 1. The lowest BCUT2D eigenvalue weighted by molar-refractivity contribution is 0.0938. The van der Waals surface area contributed by atoms with Crippen LogP contribution >= 0.6 is 15.9 Å². The maximum absolute atomic E-state index is 12.1. The first-order valence-corrected chi connectivity index (χ1v) is 7.53. The van der Waals surface area contributed by atoms with Gasteiger partial charge in [-0.2, -0.15) is 0 Å². The van der Waals surface area contributed by atoms with E-state index in [9.17, 15) is 9.90 Å². The van der Waals surface area contributed by atoms with E-state index in [2.05, 4.69) is 26.2 Å². The van der Waals surface area contributed by atoms with Gasteiger partial charge in [0, 0.05) is 22.9 Å². The molecule has 0 saturated carbocycles. The number of carbonyl (C=O) groups is 1. The molecule has 0 aliphatic carbocycles. The Morgan fingerprint density at radius 1 is 1.33 bits per heavy atom. The summed E-state index contributed by atoms with van der Waals surface area (Å²) in [6.45, 7) is 1.98. The zero-order valence-electron chi connectivity index (χ0n) is 11.7. The number of amides is 1. The first kappa shape index (κ1) is 15.5. The second-order valence-corrected chi connectivity index (χ2v) is 5.89. The van der Waals surface area contributed by atoms with Crippen molar-refractivity contribution in [3.8, 4) is 5.75 Å². The number of rotatable bonds is 5. The average molecular weight is 349 g/mol. The van der Waals surface area contributed by atoms with Gasteiger partial charge in [0.25, 0.3) is 5.91 Å². The molecule has 2 N–H and O–H groups in total. The van der Waals surface area contributed by atoms with Crippen LogP contribution < -0.4 is 5.32 Å². The SMILES string of the molecule is CC(CCc1ccc(O)cc1)NC(=O)c1cncc(Br)c1. The molecule has 1 aromatic carbocycles. The molecule has 5 heteroatoms. The van der Waals surface area contributed by atoms with E-state index in [0.717, 1.165) is 22.9 Å². The number of aryl methyl sites for hydroxylation is 1. The fraction of sp³-hybridized carbons (Fsp3) is 0.250. The predicted molar refractivity (Wildman–Crippen MR) is 85.3 cm³/mol. The van der Waals surface area contributed by atoms with E-state index in [4.69, 9.17) is 0 Å². The number of carbonyl (C=O) groups excluding carboxylic acids is 1. The van der Waals surface area contributed by atoms with Gasteiger partial charge in [0.2, 0.25) is 0 Å². The monoisotopic (exact) mass is 348 g/mol. The van der Waals surface area contributed by atoms with Crippen LogP contribution in [0.2, 0.25) is 0 Å². The van der Waals surface area contributed by atoms with Gasteiger partial charge in [-0.3, -0.25) is 9.78 Å². The highest BCUT2D eigenvalue weighted by Gasteiger charge is 2.10. The summed E-state index contributed by atoms with van der Waals surface area (Å²) in [6, 6.07) is 8.93. The average Bonchev–Trinajstić information content (AvgIpc) is 2.46. The van der Waals surface area contributed by atoms with E-state index in [1.165, 1.54) is 0 Å². The van der Waals surface area contributed by atoms with Crippen LogP contribution in [0.5, 0.6) is 5.75 Å². The van der Waals surface area contributed by atoms with Crippen LogP contribution in [0.1, 0.15) is 29.3 Å². The predicted octanol–water partition coefficient (Wildman–Crippen LogP) is 3.30. The minimum Gasteiger partial charge on any atom is -0.508 e. The van der Waals surface area contributed by atoms with Crippen LogP contribution in [0.15, 0.2) is 47.2 Å². The van der Waals surface area contributed by atoms with Crippen LogP contribution in [-0.4, -0.2) is 22.0 Å². The van der Waals surface area contributed by atoms with Gasteiger partial charge in [0.1, 0.15) is 5.75 Å². The number of phenols is 1. The quantitative estimate of drug-likeness (QED) is 0.871. The van der Waals surface area contributed by atoms with Gasteiger partial charge in [-0.1, -0.05) is 12.1 Å². The van der Waals surface area contributed by atoms with E-state index >= 15 is 0 Å². The number of aromatic nitrogens is 1. The lowest BCUT2D eigenvalue weighted by Crippen LogP contribution is -2.32. The number of benzene rings is 1. The van der Waals surface area contributed by atoms with E-state index < -0.39 is 0 Å². The normalized spacial score (nSPS) is 11.9. The summed E-state index contributed by atoms with van der Waals surface area (Å²) < 4.78 is 0.784. The van der Waals surface area contributed by atoms with Crippen molar-refractivity contribution in [1.29, 1.82) is 0 Å². The molecular weight excluding hydrogens is 332 g/mol. The molecule has 1 aromatic heterocycles. The number of phenolic OH excluding ortho intramolecular Hbond substituents is 1. The molecule has 110 valence electrons. The molecule has 21 heavy (non-hydrogen) atoms. The van der Waals surface area contributed by atoms with E-state index in [1.807, 2.05) is 19.1 Å². The summed E-state index contributed by atoms with van der Waals surface area (Å²) in [5, 5.41) is 12.2. The Hall–Kier alpha value is -1.88. The molecule has 0 bridgehead atoms. The van der Waals surface area contributed by atoms with Gasteiger partial charge in [0.05, 0.1) is 5.56 Å². The molecule has 4 nitrogen and oxygen atoms in total. The summed E-state index contributed by atoms with van der Waals surface area (Å²) in [7, 11) is 0. The Morgan fingerprint density at radius 3 is 2.71 bits per heavy atom. The number of pyridine rings is 1. The second-order valence-electron chi connectivity index (χ2n) is 4.97. The standard InChI is InChI=1S/C16H17BrN2O2/c1-11(2-3-12-4-6-15(20)7-5-12)19-16(21)13-8-14(17)10-18-9-13/h4-11,20H,2-3H2,1H3,(H,19,21). The van der Waals surface area contributed by atoms with Crippen molar-refractivity contribution in [3.63, 3.8) is 0 Å². The van der Waals surface area contributed by atoms with Crippen molar-refractivity contribution in [1.82, 2.24) is 10.3 Å². The third kappa shape index (κ3) is 4.86. The maximum Gasteiger partial charge on any atom is 0.253 e. The minimum absolute atomic E-state index is 0.0604. The van der Waals surface area contributed by atoms with Crippen LogP contribution in [-0.2, 0) is 6.42 Å². The van der Waals surface area contributed by atoms with Gasteiger partial charge in [0.15, 0.2) is 0 Å². The molecule has 0 fully saturated rings. The largest absolute Gasteiger partial charge is 0.508 e. The molecule has 1 amide bonds. The lowest BCUT2D eigenvalue weighted by atomic mass is 10.1. The van der Waals surface area contributed by atoms with Gasteiger partial charge < -0.3 is 10.4 Å². The second kappa shape index (κ2) is 7.22. The molecule has 2 aromatic rings. The summed E-state index contributed by atoms with van der Waals surface area (Å²) >= 11 is 3.30. The van der Waals surface area contributed by atoms with Crippen molar-refractivity contribution in [2.75, 3.05) is 0 Å². The highest BCUT2D eigenvalue weighted by molar-refractivity contribution is 9.10. The Labute approximate surface area is 132 Å². The molecule has 1 heterocycles. The molecule has 0 aliphatic heterocycles. The van der Waals surface area contributed by atoms with Crippen molar-refractivity contribution in [3.05, 3.63) is 58.3 Å². The van der Waals surface area contributed by atoms with Crippen molar-refractivity contribution >= 4 is 21.8 Å². The highest BCUT2D eigenvalue weighted by atomic mass is 79.9. The third-order valence-corrected chi connectivity index (χ3v) is 3.58. The van der Waals surface area contributed by atoms with E-state index in [1.54, 1.807) is 30.6 Å². The highest BCUT2D eigenvalue weighted by Crippen LogP contribution is 2.13. The number of nitrogens with one attached hydrogen (secondary N) is 1. The van der Waals surface area contributed by atoms with Crippen molar-refractivity contribution in [2.24, 2.45) is 0 Å². The van der Waals surface area contributed by atoms with Crippen LogP contribution in [0.4, 0.5) is 0 Å². The number of hydrogen-bond acceptors (Lipinski definition) is 3.